The fraction of sp³-hybridized carbons (Fsp3) is 0.138. The van der Waals surface area contributed by atoms with E-state index >= 15 is 0 Å². The first-order chi connectivity index (χ1) is 20.3. The molecule has 1 aliphatic heterocycles. The van der Waals surface area contributed by atoms with Crippen LogP contribution in [0.2, 0.25) is 0 Å². The quantitative estimate of drug-likeness (QED) is 0.280. The second-order valence-electron chi connectivity index (χ2n) is 9.69. The Kier molecular flexibility index (Phi) is 7.27. The lowest BCUT2D eigenvalue weighted by atomic mass is 10.0. The lowest BCUT2D eigenvalue weighted by Crippen LogP contribution is -2.50. The molecule has 5 aromatic rings. The molecule has 42 heavy (non-hydrogen) atoms. The molecular formula is C29H25N7O4S2. The summed E-state index contributed by atoms with van der Waals surface area (Å²) in [7, 11) is -4.04. The van der Waals surface area contributed by atoms with E-state index in [2.05, 4.69) is 19.3 Å². The van der Waals surface area contributed by atoms with Crippen molar-refractivity contribution < 1.29 is 18.0 Å². The standard InChI is InChI=1S/C29H25N7O4S2/c30-21-8-11-26(24(17-21)23-5-1-3-19-4-2-12-31-27(19)23)42(39,40)33-22-9-6-20(7-10-22)28(37)35-13-15-36(16-14-35)29(38)25-18-32-34-41-25/h1-12,17-18,33H,13-16,30H2. The fourth-order valence-corrected chi connectivity index (χ4v) is 6.66. The average molecular weight is 600 g/mol. The maximum absolute atomic E-state index is 13.6. The summed E-state index contributed by atoms with van der Waals surface area (Å²) in [6.07, 6.45) is 3.10. The molecule has 0 bridgehead atoms. The Balaban J connectivity index is 1.18. The van der Waals surface area contributed by atoms with Crippen molar-refractivity contribution in [2.24, 2.45) is 0 Å². The predicted octanol–water partition coefficient (Wildman–Crippen LogP) is 3.73. The molecule has 2 amide bonds. The monoisotopic (exact) mass is 599 g/mol. The van der Waals surface area contributed by atoms with Crippen molar-refractivity contribution in [2.45, 2.75) is 4.90 Å². The number of fused-ring (bicyclic) bond motifs is 1. The third kappa shape index (κ3) is 5.39. The minimum Gasteiger partial charge on any atom is -0.399 e. The number of carbonyl (C=O) groups excluding carboxylic acids is 2. The van der Waals surface area contributed by atoms with Crippen molar-refractivity contribution in [2.75, 3.05) is 36.6 Å². The highest BCUT2D eigenvalue weighted by Crippen LogP contribution is 2.34. The van der Waals surface area contributed by atoms with Crippen LogP contribution in [-0.4, -0.2) is 70.8 Å². The highest BCUT2D eigenvalue weighted by molar-refractivity contribution is 7.92. The summed E-state index contributed by atoms with van der Waals surface area (Å²) in [4.78, 5) is 34.0. The SMILES string of the molecule is Nc1ccc(S(=O)(=O)Nc2ccc(C(=O)N3CCN(C(=O)c4cnns4)CC3)cc2)c(-c2cccc3cccnc23)c1. The van der Waals surface area contributed by atoms with Crippen LogP contribution in [0.15, 0.2) is 90.1 Å². The Morgan fingerprint density at radius 3 is 2.29 bits per heavy atom. The number of para-hydroxylation sites is 1. The van der Waals surface area contributed by atoms with Gasteiger partial charge in [-0.1, -0.05) is 28.8 Å². The summed E-state index contributed by atoms with van der Waals surface area (Å²) in [5.41, 5.74) is 8.94. The van der Waals surface area contributed by atoms with Gasteiger partial charge in [-0.3, -0.25) is 19.3 Å². The van der Waals surface area contributed by atoms with E-state index in [1.54, 1.807) is 52.4 Å². The molecule has 1 fully saturated rings. The summed E-state index contributed by atoms with van der Waals surface area (Å²) in [6.45, 7) is 1.56. The van der Waals surface area contributed by atoms with Crippen molar-refractivity contribution in [3.05, 3.63) is 95.6 Å². The van der Waals surface area contributed by atoms with Gasteiger partial charge in [0.1, 0.15) is 4.88 Å². The first-order valence-corrected chi connectivity index (χ1v) is 15.3. The lowest BCUT2D eigenvalue weighted by Gasteiger charge is -2.34. The van der Waals surface area contributed by atoms with E-state index in [1.807, 2.05) is 30.3 Å². The van der Waals surface area contributed by atoms with E-state index < -0.39 is 10.0 Å². The van der Waals surface area contributed by atoms with Crippen molar-refractivity contribution in [3.63, 3.8) is 0 Å². The van der Waals surface area contributed by atoms with Gasteiger partial charge in [0.25, 0.3) is 21.8 Å². The van der Waals surface area contributed by atoms with E-state index in [0.717, 1.165) is 16.9 Å². The molecule has 6 rings (SSSR count). The van der Waals surface area contributed by atoms with Crippen LogP contribution >= 0.6 is 11.5 Å². The van der Waals surface area contributed by atoms with Crippen LogP contribution < -0.4 is 10.5 Å². The Bertz CT molecular complexity index is 1880. The number of anilines is 2. The topological polar surface area (TPSA) is 151 Å². The third-order valence-corrected chi connectivity index (χ3v) is 9.12. The number of pyridine rings is 1. The smallest absolute Gasteiger partial charge is 0.267 e. The van der Waals surface area contributed by atoms with Crippen molar-refractivity contribution in [1.82, 2.24) is 24.4 Å². The maximum atomic E-state index is 13.6. The van der Waals surface area contributed by atoms with Crippen LogP contribution in [-0.2, 0) is 10.0 Å². The third-order valence-electron chi connectivity index (χ3n) is 7.03. The van der Waals surface area contributed by atoms with E-state index in [1.165, 1.54) is 12.3 Å². The van der Waals surface area contributed by atoms with E-state index in [-0.39, 0.29) is 16.7 Å². The number of nitrogen functional groups attached to an aromatic ring is 1. The summed E-state index contributed by atoms with van der Waals surface area (Å²) in [6, 6.07) is 20.2. The number of piperazine rings is 1. The minimum absolute atomic E-state index is 0.0523. The molecule has 0 radical (unpaired) electrons. The molecule has 0 saturated carbocycles. The highest BCUT2D eigenvalue weighted by atomic mass is 32.2. The van der Waals surface area contributed by atoms with Gasteiger partial charge in [0.15, 0.2) is 0 Å². The van der Waals surface area contributed by atoms with Gasteiger partial charge in [-0.25, -0.2) is 8.42 Å². The summed E-state index contributed by atoms with van der Waals surface area (Å²) in [5.74, 6) is -0.338. The zero-order chi connectivity index (χ0) is 29.3. The van der Waals surface area contributed by atoms with Crippen LogP contribution in [0.25, 0.3) is 22.0 Å². The van der Waals surface area contributed by atoms with Gasteiger partial charge < -0.3 is 15.5 Å². The second-order valence-corrected chi connectivity index (χ2v) is 12.1. The molecule has 0 spiro atoms. The molecule has 212 valence electrons. The zero-order valence-corrected chi connectivity index (χ0v) is 23.8. The Morgan fingerprint density at radius 1 is 0.857 bits per heavy atom. The predicted molar refractivity (Wildman–Crippen MR) is 161 cm³/mol. The molecule has 3 N–H and O–H groups in total. The van der Waals surface area contributed by atoms with E-state index in [4.69, 9.17) is 5.73 Å². The first-order valence-electron chi connectivity index (χ1n) is 13.0. The molecule has 1 saturated heterocycles. The molecular weight excluding hydrogens is 574 g/mol. The molecule has 0 aliphatic carbocycles. The molecule has 0 unspecified atom stereocenters. The number of nitrogens with two attached hydrogens (primary N) is 1. The van der Waals surface area contributed by atoms with Gasteiger partial charge in [0.05, 0.1) is 16.6 Å². The fourth-order valence-electron chi connectivity index (χ4n) is 4.92. The van der Waals surface area contributed by atoms with Gasteiger partial charge in [0, 0.05) is 65.8 Å². The van der Waals surface area contributed by atoms with Crippen molar-refractivity contribution in [1.29, 1.82) is 0 Å². The van der Waals surface area contributed by atoms with Crippen LogP contribution in [0.3, 0.4) is 0 Å². The zero-order valence-electron chi connectivity index (χ0n) is 22.2. The molecule has 2 aromatic heterocycles. The van der Waals surface area contributed by atoms with Crippen LogP contribution in [0.5, 0.6) is 0 Å². The Hall–Kier alpha value is -4.88. The van der Waals surface area contributed by atoms with E-state index in [9.17, 15) is 18.0 Å². The number of hydrogen-bond donors (Lipinski definition) is 2. The number of amides is 2. The second kappa shape index (κ2) is 11.2. The minimum atomic E-state index is -4.04. The summed E-state index contributed by atoms with van der Waals surface area (Å²) < 4.78 is 33.5. The van der Waals surface area contributed by atoms with Crippen LogP contribution in [0, 0.1) is 0 Å². The molecule has 11 nitrogen and oxygen atoms in total. The number of sulfonamides is 1. The van der Waals surface area contributed by atoms with Gasteiger partial charge in [-0.05, 0) is 60.1 Å². The lowest BCUT2D eigenvalue weighted by molar-refractivity contribution is 0.0538. The average Bonchev–Trinajstić information content (AvgIpc) is 3.55. The largest absolute Gasteiger partial charge is 0.399 e. The Labute approximate surface area is 245 Å². The summed E-state index contributed by atoms with van der Waals surface area (Å²) in [5, 5.41) is 4.58. The first kappa shape index (κ1) is 27.3. The number of rotatable bonds is 6. The van der Waals surface area contributed by atoms with Crippen LogP contribution in [0.4, 0.5) is 11.4 Å². The Morgan fingerprint density at radius 2 is 1.57 bits per heavy atom. The number of aromatic nitrogens is 3. The van der Waals surface area contributed by atoms with Crippen LogP contribution in [0.1, 0.15) is 20.0 Å². The van der Waals surface area contributed by atoms with Crippen molar-refractivity contribution >= 4 is 55.6 Å². The van der Waals surface area contributed by atoms with Gasteiger partial charge >= 0.3 is 0 Å². The van der Waals surface area contributed by atoms with Gasteiger partial charge in [-0.15, -0.1) is 5.10 Å². The molecule has 0 atom stereocenters. The molecule has 3 aromatic carbocycles. The molecule has 1 aliphatic rings. The van der Waals surface area contributed by atoms with E-state index in [0.29, 0.717) is 64.6 Å². The molecule has 3 heterocycles. The normalized spacial score (nSPS) is 13.7. The maximum Gasteiger partial charge on any atom is 0.267 e. The number of nitrogens with one attached hydrogen (secondary N) is 1. The highest BCUT2D eigenvalue weighted by Gasteiger charge is 2.27. The van der Waals surface area contributed by atoms with Gasteiger partial charge in [-0.2, -0.15) is 0 Å². The van der Waals surface area contributed by atoms with Crippen molar-refractivity contribution in [3.8, 4) is 11.1 Å². The van der Waals surface area contributed by atoms with Gasteiger partial charge in [0.2, 0.25) is 0 Å². The number of benzene rings is 3. The summed E-state index contributed by atoms with van der Waals surface area (Å²) >= 11 is 1.04. The number of nitrogens with zero attached hydrogens (tertiary/aromatic N) is 5. The number of carbonyl (C=O) groups is 2. The number of hydrogen-bond acceptors (Lipinski definition) is 9. The molecule has 13 heteroatoms.